The van der Waals surface area contributed by atoms with Crippen molar-refractivity contribution in [2.24, 2.45) is 5.92 Å². The molecule has 1 aromatic heterocycles. The van der Waals surface area contributed by atoms with Crippen molar-refractivity contribution in [3.63, 3.8) is 0 Å². The van der Waals surface area contributed by atoms with Gasteiger partial charge >= 0.3 is 0 Å². The summed E-state index contributed by atoms with van der Waals surface area (Å²) in [5.74, 6) is 0.536. The highest BCUT2D eigenvalue weighted by molar-refractivity contribution is 5.91. The lowest BCUT2D eigenvalue weighted by Crippen LogP contribution is -2.34. The van der Waals surface area contributed by atoms with Crippen LogP contribution in [-0.4, -0.2) is 40.5 Å². The number of nitrogens with one attached hydrogen (secondary N) is 2. The Morgan fingerprint density at radius 1 is 1.03 bits per heavy atom. The van der Waals surface area contributed by atoms with Gasteiger partial charge in [-0.15, -0.1) is 5.10 Å². The van der Waals surface area contributed by atoms with E-state index in [0.717, 1.165) is 23.3 Å². The third-order valence-corrected chi connectivity index (χ3v) is 5.89. The zero-order chi connectivity index (χ0) is 24.5. The second-order valence-corrected chi connectivity index (χ2v) is 8.49. The van der Waals surface area contributed by atoms with Crippen molar-refractivity contribution < 1.29 is 14.3 Å². The standard InChI is InChI=1S/C26H33N5O3/c1-5-18(2)17-34-22-13-11-21(12-14-22)23(15-31-16-24(29-30-31)26(33)27-4)28-25(32)19(3)20-9-7-6-8-10-20/h6-14,16,18-19,23H,5,15,17H2,1-4H3,(H,27,33)(H,28,32). The van der Waals surface area contributed by atoms with Crippen LogP contribution in [0.2, 0.25) is 0 Å². The fraction of sp³-hybridized carbons (Fsp3) is 0.385. The van der Waals surface area contributed by atoms with Gasteiger partial charge in [-0.1, -0.05) is 67.9 Å². The Morgan fingerprint density at radius 2 is 1.74 bits per heavy atom. The Morgan fingerprint density at radius 3 is 2.38 bits per heavy atom. The lowest BCUT2D eigenvalue weighted by atomic mass is 9.99. The molecule has 1 heterocycles. The topological polar surface area (TPSA) is 98.1 Å². The number of benzene rings is 2. The van der Waals surface area contributed by atoms with E-state index in [0.29, 0.717) is 19.1 Å². The Bertz CT molecular complexity index is 1070. The molecule has 0 radical (unpaired) electrons. The molecular formula is C26H33N5O3. The first-order valence-electron chi connectivity index (χ1n) is 11.6. The number of carbonyl (C=O) groups excluding carboxylic acids is 2. The van der Waals surface area contributed by atoms with Gasteiger partial charge in [0.1, 0.15) is 5.75 Å². The minimum Gasteiger partial charge on any atom is -0.493 e. The van der Waals surface area contributed by atoms with E-state index in [1.807, 2.05) is 61.5 Å². The minimum atomic E-state index is -0.374. The second kappa shape index (κ2) is 12.0. The Hall–Kier alpha value is -3.68. The predicted molar refractivity (Wildman–Crippen MR) is 131 cm³/mol. The molecule has 2 amide bonds. The van der Waals surface area contributed by atoms with E-state index in [9.17, 15) is 9.59 Å². The molecule has 0 aliphatic carbocycles. The maximum atomic E-state index is 13.1. The number of hydrogen-bond acceptors (Lipinski definition) is 5. The highest BCUT2D eigenvalue weighted by Gasteiger charge is 2.22. The van der Waals surface area contributed by atoms with E-state index < -0.39 is 0 Å². The lowest BCUT2D eigenvalue weighted by molar-refractivity contribution is -0.123. The Balaban J connectivity index is 1.79. The third kappa shape index (κ3) is 6.66. The van der Waals surface area contributed by atoms with Gasteiger partial charge in [-0.05, 0) is 36.1 Å². The second-order valence-electron chi connectivity index (χ2n) is 8.49. The Labute approximate surface area is 200 Å². The highest BCUT2D eigenvalue weighted by Crippen LogP contribution is 2.22. The zero-order valence-electron chi connectivity index (χ0n) is 20.2. The predicted octanol–water partition coefficient (Wildman–Crippen LogP) is 3.72. The third-order valence-electron chi connectivity index (χ3n) is 5.89. The van der Waals surface area contributed by atoms with Gasteiger partial charge in [0.2, 0.25) is 5.91 Å². The summed E-state index contributed by atoms with van der Waals surface area (Å²) < 4.78 is 7.44. The maximum Gasteiger partial charge on any atom is 0.273 e. The van der Waals surface area contributed by atoms with E-state index in [4.69, 9.17) is 4.74 Å². The van der Waals surface area contributed by atoms with Crippen LogP contribution < -0.4 is 15.4 Å². The van der Waals surface area contributed by atoms with Gasteiger partial charge in [-0.25, -0.2) is 4.68 Å². The molecule has 2 aromatic carbocycles. The van der Waals surface area contributed by atoms with Gasteiger partial charge in [0, 0.05) is 7.05 Å². The molecule has 0 saturated carbocycles. The van der Waals surface area contributed by atoms with Gasteiger partial charge in [0.05, 0.1) is 31.3 Å². The first-order chi connectivity index (χ1) is 16.4. The summed E-state index contributed by atoms with van der Waals surface area (Å²) in [5, 5.41) is 13.7. The summed E-state index contributed by atoms with van der Waals surface area (Å²) in [5.41, 5.74) is 2.07. The molecule has 3 atom stereocenters. The van der Waals surface area contributed by atoms with Crippen molar-refractivity contribution in [2.45, 2.75) is 45.7 Å². The fourth-order valence-electron chi connectivity index (χ4n) is 3.38. The van der Waals surface area contributed by atoms with Crippen LogP contribution in [0.4, 0.5) is 0 Å². The van der Waals surface area contributed by atoms with E-state index in [-0.39, 0.29) is 29.5 Å². The molecule has 0 aliphatic rings. The van der Waals surface area contributed by atoms with Gasteiger partial charge in [-0.3, -0.25) is 9.59 Å². The summed E-state index contributed by atoms with van der Waals surface area (Å²) in [6.45, 7) is 7.16. The summed E-state index contributed by atoms with van der Waals surface area (Å²) in [4.78, 5) is 25.0. The molecule has 8 heteroatoms. The average molecular weight is 464 g/mol. The number of carbonyl (C=O) groups is 2. The fourth-order valence-corrected chi connectivity index (χ4v) is 3.38. The van der Waals surface area contributed by atoms with Gasteiger partial charge in [-0.2, -0.15) is 0 Å². The van der Waals surface area contributed by atoms with Gasteiger partial charge in [0.25, 0.3) is 5.91 Å². The molecule has 0 bridgehead atoms. The molecule has 0 saturated heterocycles. The number of nitrogens with zero attached hydrogens (tertiary/aromatic N) is 3. The lowest BCUT2D eigenvalue weighted by Gasteiger charge is -2.22. The van der Waals surface area contributed by atoms with Crippen LogP contribution in [0.25, 0.3) is 0 Å². The van der Waals surface area contributed by atoms with Crippen LogP contribution in [0.15, 0.2) is 60.8 Å². The molecular weight excluding hydrogens is 430 g/mol. The van der Waals surface area contributed by atoms with Gasteiger partial charge < -0.3 is 15.4 Å². The molecule has 2 N–H and O–H groups in total. The van der Waals surface area contributed by atoms with Gasteiger partial charge in [0.15, 0.2) is 5.69 Å². The Kier molecular flexibility index (Phi) is 8.79. The number of amides is 2. The van der Waals surface area contributed by atoms with Crippen LogP contribution in [0, 0.1) is 5.92 Å². The van der Waals surface area contributed by atoms with Crippen LogP contribution in [0.1, 0.15) is 60.8 Å². The molecule has 8 nitrogen and oxygen atoms in total. The molecule has 0 spiro atoms. The van der Waals surface area contributed by atoms with Crippen molar-refractivity contribution in [1.82, 2.24) is 25.6 Å². The summed E-state index contributed by atoms with van der Waals surface area (Å²) >= 11 is 0. The monoisotopic (exact) mass is 463 g/mol. The minimum absolute atomic E-state index is 0.0973. The smallest absolute Gasteiger partial charge is 0.273 e. The van der Waals surface area contributed by atoms with Crippen molar-refractivity contribution >= 4 is 11.8 Å². The molecule has 3 aromatic rings. The van der Waals surface area contributed by atoms with E-state index in [2.05, 4.69) is 34.8 Å². The highest BCUT2D eigenvalue weighted by atomic mass is 16.5. The number of aromatic nitrogens is 3. The molecule has 0 aliphatic heterocycles. The van der Waals surface area contributed by atoms with Crippen LogP contribution in [0.5, 0.6) is 5.75 Å². The quantitative estimate of drug-likeness (QED) is 0.452. The number of ether oxygens (including phenoxy) is 1. The van der Waals surface area contributed by atoms with Crippen molar-refractivity contribution in [1.29, 1.82) is 0 Å². The SMILES string of the molecule is CCC(C)COc1ccc(C(Cn2cc(C(=O)NC)nn2)NC(=O)C(C)c2ccccc2)cc1. The molecule has 180 valence electrons. The van der Waals surface area contributed by atoms with Crippen LogP contribution >= 0.6 is 0 Å². The normalized spacial score (nSPS) is 13.5. The summed E-state index contributed by atoms with van der Waals surface area (Å²) in [6, 6.07) is 17.0. The molecule has 0 fully saturated rings. The molecule has 3 rings (SSSR count). The number of hydrogen-bond donors (Lipinski definition) is 2. The molecule has 3 unspecified atom stereocenters. The van der Waals surface area contributed by atoms with E-state index in [1.54, 1.807) is 17.9 Å². The van der Waals surface area contributed by atoms with Crippen LogP contribution in [0.3, 0.4) is 0 Å². The van der Waals surface area contributed by atoms with E-state index in [1.165, 1.54) is 0 Å². The summed E-state index contributed by atoms with van der Waals surface area (Å²) in [6.07, 6.45) is 2.63. The maximum absolute atomic E-state index is 13.1. The average Bonchev–Trinajstić information content (AvgIpc) is 3.35. The number of rotatable bonds is 11. The van der Waals surface area contributed by atoms with Crippen molar-refractivity contribution in [3.05, 3.63) is 77.6 Å². The first kappa shape index (κ1) is 25.0. The van der Waals surface area contributed by atoms with Crippen molar-refractivity contribution in [3.8, 4) is 5.75 Å². The largest absolute Gasteiger partial charge is 0.493 e. The summed E-state index contributed by atoms with van der Waals surface area (Å²) in [7, 11) is 1.54. The van der Waals surface area contributed by atoms with E-state index >= 15 is 0 Å². The van der Waals surface area contributed by atoms with Crippen LogP contribution in [-0.2, 0) is 11.3 Å². The van der Waals surface area contributed by atoms with Crippen molar-refractivity contribution in [2.75, 3.05) is 13.7 Å². The molecule has 34 heavy (non-hydrogen) atoms. The first-order valence-corrected chi connectivity index (χ1v) is 11.6. The zero-order valence-corrected chi connectivity index (χ0v) is 20.2.